The van der Waals surface area contributed by atoms with Crippen LogP contribution in [0.1, 0.15) is 19.3 Å². The van der Waals surface area contributed by atoms with Gasteiger partial charge in [0.15, 0.2) is 0 Å². The van der Waals surface area contributed by atoms with Gasteiger partial charge >= 0.3 is 71.8 Å². The van der Waals surface area contributed by atoms with Crippen LogP contribution >= 0.6 is 0 Å². The van der Waals surface area contributed by atoms with Crippen molar-refractivity contribution >= 4 is 0 Å². The molecule has 0 saturated carbocycles. The highest BCUT2D eigenvalue weighted by Gasteiger charge is 2.83. The summed E-state index contributed by atoms with van der Waals surface area (Å²) in [5, 5.41) is 0. The van der Waals surface area contributed by atoms with E-state index in [1.165, 1.54) is 0 Å². The monoisotopic (exact) mass is 802 g/mol. The molecule has 49 heavy (non-hydrogen) atoms. The zero-order valence-electron chi connectivity index (χ0n) is 22.2. The topological polar surface area (TPSA) is 27.7 Å². The average Bonchev–Trinajstić information content (AvgIpc) is 2.85. The fourth-order valence-corrected chi connectivity index (χ4v) is 2.69. The van der Waals surface area contributed by atoms with Crippen molar-refractivity contribution in [3.05, 3.63) is 0 Å². The molecule has 0 N–H and O–H groups in total. The Kier molecular flexibility index (Phi) is 13.3. The number of ether oxygens (including phenoxy) is 3. The van der Waals surface area contributed by atoms with Crippen LogP contribution in [0.2, 0.25) is 0 Å². The van der Waals surface area contributed by atoms with Gasteiger partial charge in [0.25, 0.3) is 6.48 Å². The van der Waals surface area contributed by atoms with E-state index in [2.05, 4.69) is 14.2 Å². The predicted octanol–water partition coefficient (Wildman–Crippen LogP) is 9.89. The third kappa shape index (κ3) is 8.90. The van der Waals surface area contributed by atoms with Crippen molar-refractivity contribution in [2.75, 3.05) is 19.8 Å². The highest BCUT2D eigenvalue weighted by molar-refractivity contribution is 5.02. The van der Waals surface area contributed by atoms with Gasteiger partial charge in [0.2, 0.25) is 0 Å². The highest BCUT2D eigenvalue weighted by atomic mass is 19.4. The maximum Gasteiger partial charge on any atom is 0.460 e. The molecule has 30 heteroatoms. The second-order valence-electron chi connectivity index (χ2n) is 9.20. The molecule has 0 aromatic rings. The molecule has 0 unspecified atom stereocenters. The first-order valence-corrected chi connectivity index (χ1v) is 11.5. The Hall–Kier alpha value is -2.01. The second kappa shape index (κ2) is 13.8. The molecule has 0 atom stereocenters. The van der Waals surface area contributed by atoms with Crippen LogP contribution < -0.4 is 0 Å². The average molecular weight is 802 g/mol. The van der Waals surface area contributed by atoms with Crippen molar-refractivity contribution in [2.45, 2.75) is 97.6 Å². The molecule has 0 heterocycles. The Morgan fingerprint density at radius 3 is 0.571 bits per heavy atom. The summed E-state index contributed by atoms with van der Waals surface area (Å²) in [6, 6.07) is 0. The predicted molar refractivity (Wildman–Crippen MR) is 98.2 cm³/mol. The molecule has 0 fully saturated rings. The van der Waals surface area contributed by atoms with E-state index in [9.17, 15) is 119 Å². The molecule has 0 spiro atoms. The van der Waals surface area contributed by atoms with Crippen molar-refractivity contribution in [2.24, 2.45) is 0 Å². The zero-order valence-corrected chi connectivity index (χ0v) is 22.2. The molecule has 0 radical (unpaired) electrons. The number of rotatable bonds is 18. The molecule has 0 saturated heterocycles. The molecular formula is C19H13F27O3. The minimum Gasteiger partial charge on any atom is -0.330 e. The second-order valence-corrected chi connectivity index (χ2v) is 9.20. The van der Waals surface area contributed by atoms with E-state index in [-0.39, 0.29) is 0 Å². The maximum absolute atomic E-state index is 13.6. The van der Waals surface area contributed by atoms with E-state index in [0.717, 1.165) is 0 Å². The lowest BCUT2D eigenvalue weighted by atomic mass is 10.0. The highest BCUT2D eigenvalue weighted by Crippen LogP contribution is 2.56. The van der Waals surface area contributed by atoms with Crippen LogP contribution in [0.4, 0.5) is 119 Å². The van der Waals surface area contributed by atoms with Gasteiger partial charge < -0.3 is 14.2 Å². The third-order valence-corrected chi connectivity index (χ3v) is 5.64. The minimum atomic E-state index is -7.56. The Balaban J connectivity index is 6.13. The van der Waals surface area contributed by atoms with Gasteiger partial charge in [-0.1, -0.05) is 0 Å². The molecular weight excluding hydrogens is 789 g/mol. The lowest BCUT2D eigenvalue weighted by Gasteiger charge is -2.34. The van der Waals surface area contributed by atoms with Crippen molar-refractivity contribution < 1.29 is 133 Å². The quantitative estimate of drug-likeness (QED) is 0.102. The lowest BCUT2D eigenvalue weighted by Crippen LogP contribution is -2.61. The minimum absolute atomic E-state index is 2.54. The van der Waals surface area contributed by atoms with E-state index in [1.807, 2.05) is 0 Å². The summed E-state index contributed by atoms with van der Waals surface area (Å²) in [6.45, 7) is -11.3. The van der Waals surface area contributed by atoms with Gasteiger partial charge in [-0.15, -0.1) is 0 Å². The third-order valence-electron chi connectivity index (χ3n) is 5.64. The number of halogens is 27. The number of hydrogen-bond donors (Lipinski definition) is 0. The van der Waals surface area contributed by atoms with Gasteiger partial charge in [0.05, 0.1) is 19.8 Å². The van der Waals surface area contributed by atoms with Crippen LogP contribution in [0.3, 0.4) is 0 Å². The van der Waals surface area contributed by atoms with Crippen LogP contribution in [-0.2, 0) is 14.2 Å². The molecule has 0 rings (SSSR count). The van der Waals surface area contributed by atoms with Crippen LogP contribution in [0.5, 0.6) is 0 Å². The molecule has 0 aromatic carbocycles. The maximum atomic E-state index is 13.6. The SMILES string of the molecule is FC(F)(F)C(F)(F)C(F)(F)C(F)(F)CCOC(OCCC(F)(F)C(F)(F)C(F)(F)C(F)(F)F)OCCC(F)(F)C(F)(F)C(F)(F)C(F)(F)F. The molecule has 3 nitrogen and oxygen atoms in total. The standard InChI is InChI=1S/C19H13F27O3/c20-8(21,11(26,27)14(32,33)17(38,39)40)1-4-47-7(48-5-2-9(22,23)12(28,29)15(34,35)18(41,42)43)49-6-3-10(24,25)13(30,31)16(36,37)19(44,45)46/h7H,1-6H2. The normalized spacial score (nSPS) is 16.2. The van der Waals surface area contributed by atoms with E-state index in [4.69, 9.17) is 0 Å². The summed E-state index contributed by atoms with van der Waals surface area (Å²) in [4.78, 5) is 0. The molecule has 0 aliphatic rings. The Morgan fingerprint density at radius 1 is 0.265 bits per heavy atom. The van der Waals surface area contributed by atoms with Gasteiger partial charge in [-0.05, 0) is 0 Å². The van der Waals surface area contributed by atoms with Gasteiger partial charge in [-0.3, -0.25) is 0 Å². The summed E-state index contributed by atoms with van der Waals surface area (Å²) < 4.78 is 359. The van der Waals surface area contributed by atoms with Gasteiger partial charge in [-0.25, -0.2) is 0 Å². The van der Waals surface area contributed by atoms with E-state index < -0.39 is 117 Å². The van der Waals surface area contributed by atoms with Crippen molar-refractivity contribution in [1.82, 2.24) is 0 Å². The largest absolute Gasteiger partial charge is 0.460 e. The molecule has 296 valence electrons. The Labute approximate surface area is 251 Å². The number of alkyl halides is 27. The first-order valence-electron chi connectivity index (χ1n) is 11.5. The number of hydrogen-bond acceptors (Lipinski definition) is 3. The van der Waals surface area contributed by atoms with E-state index in [1.54, 1.807) is 0 Å². The first kappa shape index (κ1) is 47.0. The summed E-state index contributed by atoms with van der Waals surface area (Å²) >= 11 is 0. The smallest absolute Gasteiger partial charge is 0.330 e. The van der Waals surface area contributed by atoms with Gasteiger partial charge in [-0.2, -0.15) is 119 Å². The zero-order chi connectivity index (χ0) is 39.9. The van der Waals surface area contributed by atoms with Gasteiger partial charge in [0, 0.05) is 19.3 Å². The van der Waals surface area contributed by atoms with Crippen molar-refractivity contribution in [3.8, 4) is 0 Å². The van der Waals surface area contributed by atoms with Gasteiger partial charge in [0.1, 0.15) is 0 Å². The van der Waals surface area contributed by atoms with Crippen LogP contribution in [-0.4, -0.2) is 98.1 Å². The van der Waals surface area contributed by atoms with Crippen molar-refractivity contribution in [1.29, 1.82) is 0 Å². The molecule has 0 bridgehead atoms. The Bertz CT molecular complexity index is 938. The van der Waals surface area contributed by atoms with E-state index in [0.29, 0.717) is 0 Å². The van der Waals surface area contributed by atoms with Crippen molar-refractivity contribution in [3.63, 3.8) is 0 Å². The fraction of sp³-hybridized carbons (Fsp3) is 1.00. The van der Waals surface area contributed by atoms with Crippen LogP contribution in [0, 0.1) is 0 Å². The summed E-state index contributed by atoms with van der Waals surface area (Å²) in [6.07, 6.45) is -31.6. The Morgan fingerprint density at radius 2 is 0.429 bits per heavy atom. The molecule has 0 aliphatic heterocycles. The lowest BCUT2D eigenvalue weighted by molar-refractivity contribution is -0.402. The molecule has 0 aromatic heterocycles. The first-order chi connectivity index (χ1) is 21.0. The summed E-state index contributed by atoms with van der Waals surface area (Å²) in [5.41, 5.74) is 0. The van der Waals surface area contributed by atoms with E-state index >= 15 is 0 Å². The molecule has 0 amide bonds. The summed E-state index contributed by atoms with van der Waals surface area (Å²) in [7, 11) is 0. The van der Waals surface area contributed by atoms with Crippen LogP contribution in [0.15, 0.2) is 0 Å². The fourth-order valence-electron chi connectivity index (χ4n) is 2.69. The van der Waals surface area contributed by atoms with Crippen LogP contribution in [0.25, 0.3) is 0 Å². The molecule has 0 aliphatic carbocycles. The summed E-state index contributed by atoms with van der Waals surface area (Å²) in [5.74, 6) is -64.6.